The van der Waals surface area contributed by atoms with Crippen molar-refractivity contribution in [1.29, 1.82) is 0 Å². The Morgan fingerprint density at radius 1 is 0.958 bits per heavy atom. The Kier molecular flexibility index (Phi) is 5.29. The topological polar surface area (TPSA) is 44.1 Å². The summed E-state index contributed by atoms with van der Waals surface area (Å²) in [4.78, 5) is 12.1. The molecule has 0 atom stereocenters. The van der Waals surface area contributed by atoms with E-state index in [0.717, 1.165) is 29.1 Å². The number of benzene rings is 2. The molecule has 3 rings (SSSR count). The van der Waals surface area contributed by atoms with Crippen LogP contribution in [-0.2, 0) is 0 Å². The highest BCUT2D eigenvalue weighted by atomic mass is 35.5. The van der Waals surface area contributed by atoms with Gasteiger partial charge in [-0.05, 0) is 48.9 Å². The lowest BCUT2D eigenvalue weighted by Gasteiger charge is -2.08. The van der Waals surface area contributed by atoms with Gasteiger partial charge in [-0.1, -0.05) is 18.2 Å². The quantitative estimate of drug-likeness (QED) is 0.505. The summed E-state index contributed by atoms with van der Waals surface area (Å²) in [5, 5.41) is 4.46. The summed E-state index contributed by atoms with van der Waals surface area (Å²) >= 11 is 5.64. The van der Waals surface area contributed by atoms with Gasteiger partial charge in [-0.3, -0.25) is 4.79 Å². The molecule has 0 unspecified atom stereocenters. The van der Waals surface area contributed by atoms with Gasteiger partial charge in [0.2, 0.25) is 0 Å². The minimum atomic E-state index is -0.161. The van der Waals surface area contributed by atoms with E-state index >= 15 is 0 Å². The molecule has 4 nitrogen and oxygen atoms in total. The molecule has 0 saturated carbocycles. The third-order valence-electron chi connectivity index (χ3n) is 3.50. The second-order valence-electron chi connectivity index (χ2n) is 5.22. The number of hydrogen-bond donors (Lipinski definition) is 0. The summed E-state index contributed by atoms with van der Waals surface area (Å²) < 4.78 is 6.99. The molecule has 1 heterocycles. The van der Waals surface area contributed by atoms with Crippen molar-refractivity contribution in [2.24, 2.45) is 0 Å². The molecule has 0 amide bonds. The Balaban J connectivity index is 1.86. The zero-order valence-corrected chi connectivity index (χ0v) is 13.8. The van der Waals surface area contributed by atoms with E-state index in [-0.39, 0.29) is 5.56 Å². The lowest BCUT2D eigenvalue weighted by Crippen LogP contribution is -2.20. The lowest BCUT2D eigenvalue weighted by molar-refractivity contribution is 0.318. The van der Waals surface area contributed by atoms with Gasteiger partial charge in [0.05, 0.1) is 18.0 Å². The first-order chi connectivity index (χ1) is 11.8. The van der Waals surface area contributed by atoms with E-state index in [1.807, 2.05) is 54.6 Å². The van der Waals surface area contributed by atoms with Gasteiger partial charge in [-0.25, -0.2) is 0 Å². The smallest absolute Gasteiger partial charge is 0.271 e. The van der Waals surface area contributed by atoms with Crippen molar-refractivity contribution in [2.75, 3.05) is 12.5 Å². The van der Waals surface area contributed by atoms with Gasteiger partial charge in [-0.2, -0.15) is 9.78 Å². The molecular weight excluding hydrogens is 324 g/mol. The van der Waals surface area contributed by atoms with Crippen molar-refractivity contribution in [3.8, 4) is 22.7 Å². The first-order valence-electron chi connectivity index (χ1n) is 7.73. The number of aromatic nitrogens is 2. The standard InChI is InChI=1S/C19H17ClN2O2/c20-13-4-14-24-17-9-7-15(8-10-17)18-11-12-19(23)22(21-18)16-5-2-1-3-6-16/h1-3,5-12H,4,13-14H2. The zero-order valence-electron chi connectivity index (χ0n) is 13.1. The minimum absolute atomic E-state index is 0.161. The summed E-state index contributed by atoms with van der Waals surface area (Å²) in [5.74, 6) is 1.38. The molecule has 0 aliphatic carbocycles. The molecule has 0 saturated heterocycles. The average molecular weight is 341 g/mol. The van der Waals surface area contributed by atoms with Gasteiger partial charge >= 0.3 is 0 Å². The molecule has 0 aliphatic rings. The molecule has 0 radical (unpaired) electrons. The van der Waals surface area contributed by atoms with Crippen LogP contribution >= 0.6 is 11.6 Å². The average Bonchev–Trinajstić information content (AvgIpc) is 2.64. The molecule has 3 aromatic rings. The number of rotatable bonds is 6. The Hall–Kier alpha value is -2.59. The number of nitrogens with zero attached hydrogens (tertiary/aromatic N) is 2. The first kappa shape index (κ1) is 16.3. The Labute approximate surface area is 145 Å². The van der Waals surface area contributed by atoms with Crippen molar-refractivity contribution in [2.45, 2.75) is 6.42 Å². The fraction of sp³-hybridized carbons (Fsp3) is 0.158. The van der Waals surface area contributed by atoms with Crippen LogP contribution in [0.3, 0.4) is 0 Å². The molecule has 5 heteroatoms. The van der Waals surface area contributed by atoms with Crippen molar-refractivity contribution in [3.63, 3.8) is 0 Å². The zero-order chi connectivity index (χ0) is 16.8. The van der Waals surface area contributed by atoms with E-state index in [4.69, 9.17) is 16.3 Å². The van der Waals surface area contributed by atoms with Gasteiger partial charge in [-0.15, -0.1) is 11.6 Å². The molecule has 122 valence electrons. The van der Waals surface area contributed by atoms with Crippen LogP contribution < -0.4 is 10.3 Å². The summed E-state index contributed by atoms with van der Waals surface area (Å²) in [7, 11) is 0. The summed E-state index contributed by atoms with van der Waals surface area (Å²) in [6.45, 7) is 0.597. The number of halogens is 1. The largest absolute Gasteiger partial charge is 0.494 e. The van der Waals surface area contributed by atoms with E-state index in [0.29, 0.717) is 12.5 Å². The lowest BCUT2D eigenvalue weighted by atomic mass is 10.1. The summed E-state index contributed by atoms with van der Waals surface area (Å²) in [6, 6.07) is 20.3. The van der Waals surface area contributed by atoms with Crippen LogP contribution in [0.4, 0.5) is 0 Å². The molecule has 2 aromatic carbocycles. The third kappa shape index (κ3) is 3.84. The molecule has 0 N–H and O–H groups in total. The van der Waals surface area contributed by atoms with E-state index in [1.165, 1.54) is 10.7 Å². The predicted octanol–water partition coefficient (Wildman–Crippen LogP) is 3.91. The normalized spacial score (nSPS) is 10.5. The predicted molar refractivity (Wildman–Crippen MR) is 96.1 cm³/mol. The van der Waals surface area contributed by atoms with Crippen LogP contribution in [0.2, 0.25) is 0 Å². The maximum Gasteiger partial charge on any atom is 0.271 e. The van der Waals surface area contributed by atoms with Crippen LogP contribution in [0.5, 0.6) is 5.75 Å². The maximum atomic E-state index is 12.1. The van der Waals surface area contributed by atoms with Gasteiger partial charge in [0.1, 0.15) is 5.75 Å². The van der Waals surface area contributed by atoms with Crippen molar-refractivity contribution in [3.05, 3.63) is 77.1 Å². The fourth-order valence-electron chi connectivity index (χ4n) is 2.29. The van der Waals surface area contributed by atoms with Crippen molar-refractivity contribution in [1.82, 2.24) is 9.78 Å². The van der Waals surface area contributed by atoms with E-state index in [2.05, 4.69) is 5.10 Å². The van der Waals surface area contributed by atoms with E-state index < -0.39 is 0 Å². The minimum Gasteiger partial charge on any atom is -0.494 e. The fourth-order valence-corrected chi connectivity index (χ4v) is 2.39. The second-order valence-corrected chi connectivity index (χ2v) is 5.60. The molecular formula is C19H17ClN2O2. The van der Waals surface area contributed by atoms with Gasteiger partial charge in [0.25, 0.3) is 5.56 Å². The number of hydrogen-bond acceptors (Lipinski definition) is 3. The van der Waals surface area contributed by atoms with Gasteiger partial charge in [0.15, 0.2) is 0 Å². The second kappa shape index (κ2) is 7.79. The van der Waals surface area contributed by atoms with Crippen LogP contribution in [0.25, 0.3) is 16.9 Å². The van der Waals surface area contributed by atoms with Crippen molar-refractivity contribution >= 4 is 11.6 Å². The molecule has 0 spiro atoms. The van der Waals surface area contributed by atoms with Gasteiger partial charge < -0.3 is 4.74 Å². The number of ether oxygens (including phenoxy) is 1. The summed E-state index contributed by atoms with van der Waals surface area (Å²) in [6.07, 6.45) is 0.812. The first-order valence-corrected chi connectivity index (χ1v) is 8.26. The van der Waals surface area contributed by atoms with Gasteiger partial charge in [0, 0.05) is 17.5 Å². The van der Waals surface area contributed by atoms with Crippen molar-refractivity contribution < 1.29 is 4.74 Å². The van der Waals surface area contributed by atoms with E-state index in [1.54, 1.807) is 6.07 Å². The Morgan fingerprint density at radius 2 is 1.71 bits per heavy atom. The molecule has 0 fully saturated rings. The Bertz CT molecular complexity index is 845. The Morgan fingerprint density at radius 3 is 2.42 bits per heavy atom. The van der Waals surface area contributed by atoms with Crippen LogP contribution in [-0.4, -0.2) is 22.3 Å². The highest BCUT2D eigenvalue weighted by Crippen LogP contribution is 2.20. The SMILES string of the molecule is O=c1ccc(-c2ccc(OCCCCl)cc2)nn1-c1ccccc1. The highest BCUT2D eigenvalue weighted by molar-refractivity contribution is 6.17. The molecule has 0 aliphatic heterocycles. The molecule has 24 heavy (non-hydrogen) atoms. The number of alkyl halides is 1. The van der Waals surface area contributed by atoms with Crippen LogP contribution in [0.1, 0.15) is 6.42 Å². The van der Waals surface area contributed by atoms with E-state index in [9.17, 15) is 4.79 Å². The monoisotopic (exact) mass is 340 g/mol. The van der Waals surface area contributed by atoms with Crippen LogP contribution in [0.15, 0.2) is 71.5 Å². The third-order valence-corrected chi connectivity index (χ3v) is 3.77. The highest BCUT2D eigenvalue weighted by Gasteiger charge is 2.05. The summed E-state index contributed by atoms with van der Waals surface area (Å²) in [5.41, 5.74) is 2.23. The molecule has 0 bridgehead atoms. The van der Waals surface area contributed by atoms with Crippen LogP contribution in [0, 0.1) is 0 Å². The molecule has 1 aromatic heterocycles. The maximum absolute atomic E-state index is 12.1. The number of para-hydroxylation sites is 1.